The summed E-state index contributed by atoms with van der Waals surface area (Å²) < 4.78 is 4.95. The molecule has 0 spiro atoms. The quantitative estimate of drug-likeness (QED) is 0.637. The zero-order valence-corrected chi connectivity index (χ0v) is 18.6. The number of methoxy groups -OCH3 is 1. The fourth-order valence-corrected chi connectivity index (χ4v) is 3.64. The minimum absolute atomic E-state index is 0.0117. The van der Waals surface area contributed by atoms with Crippen molar-refractivity contribution in [3.63, 3.8) is 0 Å². The number of carbonyl (C=O) groups is 2. The summed E-state index contributed by atoms with van der Waals surface area (Å²) in [6.45, 7) is 8.07. The highest BCUT2D eigenvalue weighted by Crippen LogP contribution is 2.26. The van der Waals surface area contributed by atoms with Crippen molar-refractivity contribution in [3.05, 3.63) is 59.2 Å². The van der Waals surface area contributed by atoms with E-state index in [0.29, 0.717) is 51.4 Å². The topological polar surface area (TPSA) is 73.9 Å². The molecule has 31 heavy (non-hydrogen) atoms. The van der Waals surface area contributed by atoms with Gasteiger partial charge in [-0.15, -0.1) is 0 Å². The molecule has 0 radical (unpaired) electrons. The van der Waals surface area contributed by atoms with Crippen LogP contribution in [0, 0.1) is 13.8 Å². The van der Waals surface area contributed by atoms with Gasteiger partial charge in [0.05, 0.1) is 24.4 Å². The number of para-hydroxylation sites is 1. The van der Waals surface area contributed by atoms with Crippen LogP contribution in [-0.4, -0.2) is 74.6 Å². The lowest BCUT2D eigenvalue weighted by molar-refractivity contribution is -0.122. The van der Waals surface area contributed by atoms with Gasteiger partial charge >= 0.3 is 0 Å². The maximum absolute atomic E-state index is 13.2. The van der Waals surface area contributed by atoms with E-state index in [9.17, 15) is 9.59 Å². The van der Waals surface area contributed by atoms with Crippen LogP contribution in [-0.2, 0) is 9.53 Å². The Labute approximate surface area is 184 Å². The Kier molecular flexibility index (Phi) is 8.03. The summed E-state index contributed by atoms with van der Waals surface area (Å²) >= 11 is 0. The van der Waals surface area contributed by atoms with Crippen LogP contribution in [0.3, 0.4) is 0 Å². The second kappa shape index (κ2) is 10.9. The summed E-state index contributed by atoms with van der Waals surface area (Å²) in [7, 11) is 1.61. The van der Waals surface area contributed by atoms with E-state index >= 15 is 0 Å². The average molecular weight is 425 g/mol. The first-order valence-electron chi connectivity index (χ1n) is 10.7. The van der Waals surface area contributed by atoms with E-state index in [0.717, 1.165) is 11.4 Å². The van der Waals surface area contributed by atoms with Crippen molar-refractivity contribution in [1.29, 1.82) is 0 Å². The lowest BCUT2D eigenvalue weighted by atomic mass is 10.1. The number of hydrogen-bond acceptors (Lipinski definition) is 5. The monoisotopic (exact) mass is 424 g/mol. The van der Waals surface area contributed by atoms with Crippen molar-refractivity contribution < 1.29 is 14.3 Å². The number of piperazine rings is 1. The Morgan fingerprint density at radius 2 is 1.68 bits per heavy atom. The molecule has 0 aliphatic carbocycles. The van der Waals surface area contributed by atoms with E-state index in [4.69, 9.17) is 4.74 Å². The number of carbonyl (C=O) groups excluding carboxylic acids is 2. The van der Waals surface area contributed by atoms with Crippen LogP contribution in [0.1, 0.15) is 21.5 Å². The molecule has 1 fully saturated rings. The number of anilines is 2. The zero-order valence-electron chi connectivity index (χ0n) is 18.6. The second-order valence-electron chi connectivity index (χ2n) is 7.83. The van der Waals surface area contributed by atoms with E-state index < -0.39 is 0 Å². The molecule has 2 amide bonds. The molecule has 166 valence electrons. The van der Waals surface area contributed by atoms with Crippen molar-refractivity contribution in [1.82, 2.24) is 15.1 Å². The van der Waals surface area contributed by atoms with Gasteiger partial charge in [-0.2, -0.15) is 0 Å². The molecule has 2 aromatic rings. The molecule has 0 unspecified atom stereocenters. The highest BCUT2D eigenvalue weighted by Gasteiger charge is 2.24. The van der Waals surface area contributed by atoms with Crippen LogP contribution >= 0.6 is 0 Å². The predicted molar refractivity (Wildman–Crippen MR) is 123 cm³/mol. The van der Waals surface area contributed by atoms with Crippen molar-refractivity contribution in [2.45, 2.75) is 13.8 Å². The number of rotatable bonds is 8. The van der Waals surface area contributed by atoms with Gasteiger partial charge in [-0.25, -0.2) is 0 Å². The largest absolute Gasteiger partial charge is 0.383 e. The van der Waals surface area contributed by atoms with E-state index in [-0.39, 0.29) is 11.8 Å². The molecule has 2 aromatic carbocycles. The highest BCUT2D eigenvalue weighted by molar-refractivity contribution is 6.00. The second-order valence-corrected chi connectivity index (χ2v) is 7.83. The van der Waals surface area contributed by atoms with Gasteiger partial charge in [-0.05, 0) is 43.2 Å². The maximum Gasteiger partial charge on any atom is 0.256 e. The van der Waals surface area contributed by atoms with E-state index in [1.165, 1.54) is 11.1 Å². The van der Waals surface area contributed by atoms with Crippen molar-refractivity contribution in [3.8, 4) is 0 Å². The standard InChI is InChI=1S/C24H32N4O3/c1-18-7-6-10-21(19(18)2)26-22-9-5-4-8-20(22)24(30)28-14-12-27(13-15-28)17-23(29)25-11-16-31-3/h4-10,26H,11-17H2,1-3H3,(H,25,29). The maximum atomic E-state index is 13.2. The van der Waals surface area contributed by atoms with Crippen molar-refractivity contribution in [2.75, 3.05) is 58.3 Å². The third-order valence-corrected chi connectivity index (χ3v) is 5.69. The number of aryl methyl sites for hydroxylation is 1. The van der Waals surface area contributed by atoms with Gasteiger partial charge in [0.2, 0.25) is 5.91 Å². The minimum atomic E-state index is -0.0140. The van der Waals surface area contributed by atoms with Gasteiger partial charge in [0, 0.05) is 45.5 Å². The first-order valence-corrected chi connectivity index (χ1v) is 10.7. The fraction of sp³-hybridized carbons (Fsp3) is 0.417. The van der Waals surface area contributed by atoms with Crippen LogP contribution < -0.4 is 10.6 Å². The lowest BCUT2D eigenvalue weighted by Gasteiger charge is -2.34. The molecule has 7 nitrogen and oxygen atoms in total. The third-order valence-electron chi connectivity index (χ3n) is 5.69. The van der Waals surface area contributed by atoms with Gasteiger partial charge in [0.25, 0.3) is 5.91 Å². The van der Waals surface area contributed by atoms with Crippen LogP contribution in [0.4, 0.5) is 11.4 Å². The van der Waals surface area contributed by atoms with Crippen LogP contribution in [0.2, 0.25) is 0 Å². The molecule has 0 saturated carbocycles. The Morgan fingerprint density at radius 1 is 0.968 bits per heavy atom. The molecule has 2 N–H and O–H groups in total. The number of ether oxygens (including phenoxy) is 1. The number of amides is 2. The van der Waals surface area contributed by atoms with Gasteiger partial charge in [-0.3, -0.25) is 14.5 Å². The summed E-state index contributed by atoms with van der Waals surface area (Å²) in [5.74, 6) is -0.00232. The van der Waals surface area contributed by atoms with Gasteiger partial charge in [0.1, 0.15) is 0 Å². The minimum Gasteiger partial charge on any atom is -0.383 e. The molecular weight excluding hydrogens is 392 g/mol. The molecule has 3 rings (SSSR count). The summed E-state index contributed by atoms with van der Waals surface area (Å²) in [4.78, 5) is 29.2. The normalized spacial score (nSPS) is 14.4. The first-order chi connectivity index (χ1) is 15.0. The number of hydrogen-bond donors (Lipinski definition) is 2. The van der Waals surface area contributed by atoms with Crippen LogP contribution in [0.5, 0.6) is 0 Å². The average Bonchev–Trinajstić information content (AvgIpc) is 2.77. The van der Waals surface area contributed by atoms with Gasteiger partial charge in [-0.1, -0.05) is 24.3 Å². The number of nitrogens with zero attached hydrogens (tertiary/aromatic N) is 2. The molecule has 1 heterocycles. The Balaban J connectivity index is 1.60. The summed E-state index contributed by atoms with van der Waals surface area (Å²) in [5, 5.41) is 6.28. The molecular formula is C24H32N4O3. The number of nitrogens with one attached hydrogen (secondary N) is 2. The third kappa shape index (κ3) is 6.06. The summed E-state index contributed by atoms with van der Waals surface area (Å²) in [5.41, 5.74) is 4.85. The van der Waals surface area contributed by atoms with E-state index in [1.807, 2.05) is 41.3 Å². The molecule has 7 heteroatoms. The van der Waals surface area contributed by atoms with E-state index in [1.54, 1.807) is 7.11 Å². The summed E-state index contributed by atoms with van der Waals surface area (Å²) in [6.07, 6.45) is 0. The molecule has 1 aliphatic rings. The lowest BCUT2D eigenvalue weighted by Crippen LogP contribution is -2.51. The van der Waals surface area contributed by atoms with Gasteiger partial charge in [0.15, 0.2) is 0 Å². The SMILES string of the molecule is COCCNC(=O)CN1CCN(C(=O)c2ccccc2Nc2cccc(C)c2C)CC1. The fourth-order valence-electron chi connectivity index (χ4n) is 3.64. The molecule has 0 atom stereocenters. The molecule has 0 bridgehead atoms. The first kappa shape index (κ1) is 22.8. The van der Waals surface area contributed by atoms with Crippen LogP contribution in [0.15, 0.2) is 42.5 Å². The van der Waals surface area contributed by atoms with E-state index in [2.05, 4.69) is 35.4 Å². The van der Waals surface area contributed by atoms with Gasteiger partial charge < -0.3 is 20.3 Å². The highest BCUT2D eigenvalue weighted by atomic mass is 16.5. The number of benzene rings is 2. The van der Waals surface area contributed by atoms with Crippen molar-refractivity contribution >= 4 is 23.2 Å². The smallest absolute Gasteiger partial charge is 0.256 e. The Hall–Kier alpha value is -2.90. The molecule has 0 aromatic heterocycles. The molecule has 1 saturated heterocycles. The summed E-state index contributed by atoms with van der Waals surface area (Å²) in [6, 6.07) is 13.8. The van der Waals surface area contributed by atoms with Crippen molar-refractivity contribution in [2.24, 2.45) is 0 Å². The Morgan fingerprint density at radius 3 is 2.42 bits per heavy atom. The predicted octanol–water partition coefficient (Wildman–Crippen LogP) is 2.57. The molecule has 1 aliphatic heterocycles. The Bertz CT molecular complexity index is 907. The zero-order chi connectivity index (χ0) is 22.2. The van der Waals surface area contributed by atoms with Crippen LogP contribution in [0.25, 0.3) is 0 Å².